The van der Waals surface area contributed by atoms with E-state index in [1.54, 1.807) is 13.0 Å². The van der Waals surface area contributed by atoms with E-state index >= 15 is 0 Å². The average Bonchev–Trinajstić information content (AvgIpc) is 2.57. The van der Waals surface area contributed by atoms with Crippen LogP contribution in [0.4, 0.5) is 0 Å². The number of aliphatic hydroxyl groups is 1. The minimum atomic E-state index is -0.416. The number of benzene rings is 1. The first kappa shape index (κ1) is 17.3. The normalized spacial score (nSPS) is 10.9. The van der Waals surface area contributed by atoms with E-state index in [0.29, 0.717) is 22.4 Å². The van der Waals surface area contributed by atoms with Crippen LogP contribution in [0.25, 0.3) is 6.08 Å². The number of nitrogens with zero attached hydrogens (tertiary/aromatic N) is 1. The molecule has 24 heavy (non-hydrogen) atoms. The van der Waals surface area contributed by atoms with Gasteiger partial charge < -0.3 is 25.7 Å². The molecule has 0 saturated heterocycles. The van der Waals surface area contributed by atoms with E-state index in [9.17, 15) is 25.2 Å². The summed E-state index contributed by atoms with van der Waals surface area (Å²) in [5, 5.41) is 40.5. The van der Waals surface area contributed by atoms with Crippen LogP contribution < -0.4 is 5.32 Å². The molecule has 2 rings (SSSR count). The molecule has 0 radical (unpaired) electrons. The van der Waals surface area contributed by atoms with Crippen molar-refractivity contribution in [2.45, 2.75) is 20.1 Å². The zero-order chi connectivity index (χ0) is 17.7. The predicted molar refractivity (Wildman–Crippen MR) is 87.2 cm³/mol. The van der Waals surface area contributed by atoms with E-state index in [4.69, 9.17) is 0 Å². The SMILES string of the molecule is Cc1ncc(CO)c(CNC(=O)C=Cc2ccc(O)c(O)c2)c1O. The van der Waals surface area contributed by atoms with Crippen LogP contribution >= 0.6 is 0 Å². The van der Waals surface area contributed by atoms with Crippen LogP contribution in [0, 0.1) is 6.92 Å². The molecule has 0 aliphatic rings. The van der Waals surface area contributed by atoms with Crippen molar-refractivity contribution < 1.29 is 25.2 Å². The van der Waals surface area contributed by atoms with Crippen LogP contribution in [0.1, 0.15) is 22.4 Å². The first-order valence-electron chi connectivity index (χ1n) is 7.17. The number of hydrogen-bond acceptors (Lipinski definition) is 6. The summed E-state index contributed by atoms with van der Waals surface area (Å²) in [6.45, 7) is 1.36. The number of rotatable bonds is 5. The van der Waals surface area contributed by atoms with Gasteiger partial charge in [-0.25, -0.2) is 0 Å². The van der Waals surface area contributed by atoms with Gasteiger partial charge in [-0.05, 0) is 30.7 Å². The summed E-state index contributed by atoms with van der Waals surface area (Å²) in [5.74, 6) is -0.992. The molecular weight excluding hydrogens is 312 g/mol. The van der Waals surface area contributed by atoms with Crippen molar-refractivity contribution in [3.63, 3.8) is 0 Å². The Balaban J connectivity index is 2.04. The van der Waals surface area contributed by atoms with Crippen LogP contribution in [0.3, 0.4) is 0 Å². The van der Waals surface area contributed by atoms with Gasteiger partial charge in [0, 0.05) is 29.9 Å². The highest BCUT2D eigenvalue weighted by Gasteiger charge is 2.11. The van der Waals surface area contributed by atoms with E-state index in [1.165, 1.54) is 30.5 Å². The van der Waals surface area contributed by atoms with Gasteiger partial charge >= 0.3 is 0 Å². The lowest BCUT2D eigenvalue weighted by Gasteiger charge is -2.11. The van der Waals surface area contributed by atoms with Crippen LogP contribution in [0.15, 0.2) is 30.5 Å². The van der Waals surface area contributed by atoms with Gasteiger partial charge in [-0.2, -0.15) is 0 Å². The van der Waals surface area contributed by atoms with Gasteiger partial charge in [0.1, 0.15) is 5.75 Å². The zero-order valence-corrected chi connectivity index (χ0v) is 13.0. The van der Waals surface area contributed by atoms with Crippen LogP contribution in [-0.4, -0.2) is 31.3 Å². The Morgan fingerprint density at radius 1 is 1.25 bits per heavy atom. The van der Waals surface area contributed by atoms with Crippen LogP contribution in [0.5, 0.6) is 17.2 Å². The van der Waals surface area contributed by atoms with Gasteiger partial charge in [0.25, 0.3) is 0 Å². The highest BCUT2D eigenvalue weighted by molar-refractivity contribution is 5.91. The van der Waals surface area contributed by atoms with Crippen molar-refractivity contribution in [1.29, 1.82) is 0 Å². The summed E-state index contributed by atoms with van der Waals surface area (Å²) in [5.41, 5.74) is 1.80. The molecule has 7 heteroatoms. The number of carbonyl (C=O) groups is 1. The highest BCUT2D eigenvalue weighted by atomic mass is 16.3. The lowest BCUT2D eigenvalue weighted by Crippen LogP contribution is -2.21. The molecule has 1 aromatic carbocycles. The summed E-state index contributed by atoms with van der Waals surface area (Å²) in [6.07, 6.45) is 4.18. The minimum absolute atomic E-state index is 0.0368. The van der Waals surface area contributed by atoms with E-state index < -0.39 is 5.91 Å². The molecule has 126 valence electrons. The number of phenolic OH excluding ortho intramolecular Hbond substituents is 2. The fraction of sp³-hybridized carbons (Fsp3) is 0.176. The third-order valence-corrected chi connectivity index (χ3v) is 3.47. The minimum Gasteiger partial charge on any atom is -0.506 e. The van der Waals surface area contributed by atoms with E-state index in [2.05, 4.69) is 10.3 Å². The number of aromatic nitrogens is 1. The van der Waals surface area contributed by atoms with Crippen molar-refractivity contribution in [1.82, 2.24) is 10.3 Å². The van der Waals surface area contributed by atoms with Gasteiger partial charge in [0.15, 0.2) is 11.5 Å². The monoisotopic (exact) mass is 330 g/mol. The molecule has 1 amide bonds. The standard InChI is InChI=1S/C17H18N2O5/c1-10-17(24)13(12(9-20)7-18-10)8-19-16(23)5-3-11-2-4-14(21)15(22)6-11/h2-7,20-22,24H,8-9H2,1H3,(H,19,23). The second-order valence-electron chi connectivity index (χ2n) is 5.15. The van der Waals surface area contributed by atoms with Crippen LogP contribution in [-0.2, 0) is 17.9 Å². The van der Waals surface area contributed by atoms with Gasteiger partial charge in [0.05, 0.1) is 12.3 Å². The van der Waals surface area contributed by atoms with Crippen LogP contribution in [0.2, 0.25) is 0 Å². The van der Waals surface area contributed by atoms with E-state index in [1.807, 2.05) is 0 Å². The number of amides is 1. The van der Waals surface area contributed by atoms with E-state index in [0.717, 1.165) is 0 Å². The van der Waals surface area contributed by atoms with Crippen molar-refractivity contribution in [2.75, 3.05) is 0 Å². The topological polar surface area (TPSA) is 123 Å². The molecule has 0 atom stereocenters. The molecule has 0 aliphatic heterocycles. The average molecular weight is 330 g/mol. The molecule has 5 N–H and O–H groups in total. The number of phenols is 2. The largest absolute Gasteiger partial charge is 0.506 e. The molecule has 7 nitrogen and oxygen atoms in total. The maximum absolute atomic E-state index is 11.9. The number of aliphatic hydroxyl groups excluding tert-OH is 1. The van der Waals surface area contributed by atoms with E-state index in [-0.39, 0.29) is 30.4 Å². The Morgan fingerprint density at radius 3 is 2.67 bits per heavy atom. The molecule has 0 bridgehead atoms. The van der Waals surface area contributed by atoms with Crippen molar-refractivity contribution in [3.8, 4) is 17.2 Å². The Labute approximate surface area is 138 Å². The Hall–Kier alpha value is -3.06. The van der Waals surface area contributed by atoms with Gasteiger partial charge in [-0.15, -0.1) is 0 Å². The second kappa shape index (κ2) is 7.47. The summed E-state index contributed by atoms with van der Waals surface area (Å²) in [6, 6.07) is 4.18. The Kier molecular flexibility index (Phi) is 5.39. The smallest absolute Gasteiger partial charge is 0.244 e. The third-order valence-electron chi connectivity index (χ3n) is 3.47. The fourth-order valence-corrected chi connectivity index (χ4v) is 2.07. The van der Waals surface area contributed by atoms with Crippen molar-refractivity contribution in [3.05, 3.63) is 52.9 Å². The molecular formula is C17H18N2O5. The number of aromatic hydroxyl groups is 3. The molecule has 0 fully saturated rings. The first-order chi connectivity index (χ1) is 11.4. The molecule has 1 heterocycles. The lowest BCUT2D eigenvalue weighted by atomic mass is 10.1. The zero-order valence-electron chi connectivity index (χ0n) is 13.0. The van der Waals surface area contributed by atoms with Crippen molar-refractivity contribution in [2.24, 2.45) is 0 Å². The lowest BCUT2D eigenvalue weighted by molar-refractivity contribution is -0.116. The molecule has 0 aliphatic carbocycles. The number of pyridine rings is 1. The maximum Gasteiger partial charge on any atom is 0.244 e. The molecule has 1 aromatic heterocycles. The third kappa shape index (κ3) is 4.02. The molecule has 0 spiro atoms. The number of nitrogens with one attached hydrogen (secondary N) is 1. The molecule has 0 saturated carbocycles. The Morgan fingerprint density at radius 2 is 2.00 bits per heavy atom. The molecule has 0 unspecified atom stereocenters. The highest BCUT2D eigenvalue weighted by Crippen LogP contribution is 2.25. The second-order valence-corrected chi connectivity index (χ2v) is 5.15. The first-order valence-corrected chi connectivity index (χ1v) is 7.17. The van der Waals surface area contributed by atoms with Gasteiger partial charge in [-0.3, -0.25) is 9.78 Å². The fourth-order valence-electron chi connectivity index (χ4n) is 2.07. The summed E-state index contributed by atoms with van der Waals surface area (Å²) in [4.78, 5) is 15.8. The summed E-state index contributed by atoms with van der Waals surface area (Å²) >= 11 is 0. The molecule has 2 aromatic rings. The quantitative estimate of drug-likeness (QED) is 0.416. The van der Waals surface area contributed by atoms with Gasteiger partial charge in [-0.1, -0.05) is 6.07 Å². The number of hydrogen-bond donors (Lipinski definition) is 5. The summed E-state index contributed by atoms with van der Waals surface area (Å²) in [7, 11) is 0. The number of aryl methyl sites for hydroxylation is 1. The number of carbonyl (C=O) groups excluding carboxylic acids is 1. The maximum atomic E-state index is 11.9. The summed E-state index contributed by atoms with van der Waals surface area (Å²) < 4.78 is 0. The Bertz CT molecular complexity index is 787. The van der Waals surface area contributed by atoms with Gasteiger partial charge in [0.2, 0.25) is 5.91 Å². The van der Waals surface area contributed by atoms with Crippen molar-refractivity contribution >= 4 is 12.0 Å². The predicted octanol–water partition coefficient (Wildman–Crippen LogP) is 1.33.